The number of esters is 1. The van der Waals surface area contributed by atoms with Crippen molar-refractivity contribution in [1.29, 1.82) is 0 Å². The number of nitrogens with zero attached hydrogens (tertiary/aromatic N) is 3. The Labute approximate surface area is 320 Å². The SMILES string of the molecule is C[C@H]1C[C@H]2C(=O)OC[C@H](NC(=O)[C@H](Cc3ccccc3)NC(=O)Cc3ccccc3)C(=O)N3CC(N)C[C@H]3C(=O)N3CCCC[C@H]3C(=O)N[C@@H](C)C(=O)N2C1. The molecule has 6 amide bonds. The lowest BCUT2D eigenvalue weighted by molar-refractivity contribution is -0.158. The lowest BCUT2D eigenvalue weighted by Gasteiger charge is -2.39. The normalized spacial score (nSPS) is 28.4. The first-order valence-electron chi connectivity index (χ1n) is 19.2. The zero-order valence-electron chi connectivity index (χ0n) is 31.4. The number of nitrogens with one attached hydrogen (secondary N) is 3. The van der Waals surface area contributed by atoms with Crippen LogP contribution in [0.5, 0.6) is 0 Å². The highest BCUT2D eigenvalue weighted by molar-refractivity contribution is 5.98. The van der Waals surface area contributed by atoms with Crippen molar-refractivity contribution < 1.29 is 38.3 Å². The molecule has 0 saturated carbocycles. The average molecular weight is 758 g/mol. The second kappa shape index (κ2) is 17.4. The Morgan fingerprint density at radius 3 is 2.20 bits per heavy atom. The van der Waals surface area contributed by atoms with Gasteiger partial charge in [-0.2, -0.15) is 0 Å². The van der Waals surface area contributed by atoms with E-state index in [-0.39, 0.29) is 44.8 Å². The molecule has 2 aromatic rings. The molecule has 294 valence electrons. The maximum Gasteiger partial charge on any atom is 0.328 e. The second-order valence-electron chi connectivity index (χ2n) is 15.3. The maximum atomic E-state index is 14.6. The number of hydrogen-bond donors (Lipinski definition) is 4. The van der Waals surface area contributed by atoms with E-state index in [2.05, 4.69) is 16.0 Å². The standard InChI is InChI=1S/C40H51N7O8/c1-24-17-33-40(54)55-23-30(44-35(49)29(18-26-11-5-3-6-12-26)43-34(48)19-27-13-7-4-8-14-27)38(52)47-22-28(41)20-32(47)39(53)45-16-10-9-15-31(45)36(50)42-25(2)37(51)46(33)21-24/h3-8,11-14,24-25,28-33H,9-10,15-23,41H2,1-2H3,(H,42,50)(H,43,48)(H,44,49)/t24-,25-,28?,29-,30-,31-,32-,33-/m0/s1. The first-order valence-corrected chi connectivity index (χ1v) is 19.2. The summed E-state index contributed by atoms with van der Waals surface area (Å²) in [6, 6.07) is 11.1. The summed E-state index contributed by atoms with van der Waals surface area (Å²) >= 11 is 0. The number of carbonyl (C=O) groups excluding carboxylic acids is 7. The highest BCUT2D eigenvalue weighted by atomic mass is 16.5. The van der Waals surface area contributed by atoms with E-state index in [4.69, 9.17) is 10.5 Å². The van der Waals surface area contributed by atoms with Crippen molar-refractivity contribution in [1.82, 2.24) is 30.7 Å². The number of hydrogen-bond acceptors (Lipinski definition) is 9. The number of rotatable bonds is 7. The van der Waals surface area contributed by atoms with E-state index >= 15 is 0 Å². The van der Waals surface area contributed by atoms with Gasteiger partial charge in [0.05, 0.1) is 6.42 Å². The molecule has 2 aromatic carbocycles. The van der Waals surface area contributed by atoms with Gasteiger partial charge in [0, 0.05) is 32.1 Å². The van der Waals surface area contributed by atoms with E-state index in [0.717, 1.165) is 11.1 Å². The predicted molar refractivity (Wildman–Crippen MR) is 199 cm³/mol. The highest BCUT2D eigenvalue weighted by Gasteiger charge is 2.47. The predicted octanol–water partition coefficient (Wildman–Crippen LogP) is 0.0492. The first-order chi connectivity index (χ1) is 26.4. The molecule has 6 rings (SSSR count). The van der Waals surface area contributed by atoms with Gasteiger partial charge in [0.25, 0.3) is 0 Å². The zero-order chi connectivity index (χ0) is 39.2. The number of fused-ring (bicyclic) bond motifs is 3. The van der Waals surface area contributed by atoms with Gasteiger partial charge in [-0.1, -0.05) is 67.6 Å². The van der Waals surface area contributed by atoms with Crippen molar-refractivity contribution in [2.75, 3.05) is 26.2 Å². The van der Waals surface area contributed by atoms with Gasteiger partial charge < -0.3 is 41.1 Å². The molecule has 4 fully saturated rings. The van der Waals surface area contributed by atoms with Crippen molar-refractivity contribution in [3.63, 3.8) is 0 Å². The third-order valence-electron chi connectivity index (χ3n) is 10.9. The summed E-state index contributed by atoms with van der Waals surface area (Å²) in [7, 11) is 0. The largest absolute Gasteiger partial charge is 0.461 e. The summed E-state index contributed by atoms with van der Waals surface area (Å²) in [5, 5.41) is 8.33. The van der Waals surface area contributed by atoms with Crippen LogP contribution in [0.25, 0.3) is 0 Å². The molecule has 4 heterocycles. The number of ether oxygens (including phenoxy) is 1. The summed E-state index contributed by atoms with van der Waals surface area (Å²) in [5.74, 6) is -4.06. The molecule has 5 N–H and O–H groups in total. The monoisotopic (exact) mass is 757 g/mol. The topological polar surface area (TPSA) is 201 Å². The summed E-state index contributed by atoms with van der Waals surface area (Å²) in [6.07, 6.45) is 2.24. The Hall–Kier alpha value is -5.31. The molecule has 8 atom stereocenters. The Morgan fingerprint density at radius 1 is 0.818 bits per heavy atom. The van der Waals surface area contributed by atoms with Crippen LogP contribution in [0.4, 0.5) is 0 Å². The quantitative estimate of drug-likeness (QED) is 0.282. The van der Waals surface area contributed by atoms with Crippen LogP contribution < -0.4 is 21.7 Å². The number of amides is 6. The van der Waals surface area contributed by atoms with E-state index in [1.807, 2.05) is 55.5 Å². The smallest absolute Gasteiger partial charge is 0.328 e. The van der Waals surface area contributed by atoms with Crippen LogP contribution in [0.15, 0.2) is 60.7 Å². The molecular formula is C40H51N7O8. The molecule has 0 spiro atoms. The van der Waals surface area contributed by atoms with Crippen LogP contribution in [-0.2, 0) is 51.1 Å². The van der Waals surface area contributed by atoms with Crippen molar-refractivity contribution in [3.8, 4) is 0 Å². The number of cyclic esters (lactones) is 1. The molecule has 55 heavy (non-hydrogen) atoms. The average Bonchev–Trinajstić information content (AvgIpc) is 3.77. The van der Waals surface area contributed by atoms with Crippen LogP contribution in [0, 0.1) is 5.92 Å². The minimum Gasteiger partial charge on any atom is -0.461 e. The summed E-state index contributed by atoms with van der Waals surface area (Å²) in [4.78, 5) is 102. The Balaban J connectivity index is 1.31. The van der Waals surface area contributed by atoms with Gasteiger partial charge in [-0.25, -0.2) is 4.79 Å². The van der Waals surface area contributed by atoms with Crippen molar-refractivity contribution in [2.45, 2.75) is 101 Å². The third kappa shape index (κ3) is 9.32. The minimum absolute atomic E-state index is 0.0119. The van der Waals surface area contributed by atoms with E-state index in [1.54, 1.807) is 19.1 Å². The van der Waals surface area contributed by atoms with Gasteiger partial charge in [0.2, 0.25) is 35.4 Å². The van der Waals surface area contributed by atoms with Crippen LogP contribution in [-0.4, -0.2) is 125 Å². The summed E-state index contributed by atoms with van der Waals surface area (Å²) in [5.41, 5.74) is 7.87. The van der Waals surface area contributed by atoms with Crippen molar-refractivity contribution >= 4 is 41.4 Å². The lowest BCUT2D eigenvalue weighted by atomic mass is 9.99. The van der Waals surface area contributed by atoms with Crippen molar-refractivity contribution in [2.24, 2.45) is 11.7 Å². The number of benzene rings is 2. The van der Waals surface area contributed by atoms with Crippen LogP contribution >= 0.6 is 0 Å². The fourth-order valence-electron chi connectivity index (χ4n) is 8.13. The molecular weight excluding hydrogens is 706 g/mol. The van der Waals surface area contributed by atoms with E-state index in [9.17, 15) is 33.6 Å². The minimum atomic E-state index is -1.48. The molecule has 0 aromatic heterocycles. The van der Waals surface area contributed by atoms with E-state index in [0.29, 0.717) is 25.7 Å². The molecule has 15 nitrogen and oxygen atoms in total. The highest BCUT2D eigenvalue weighted by Crippen LogP contribution is 2.28. The van der Waals surface area contributed by atoms with Crippen molar-refractivity contribution in [3.05, 3.63) is 71.8 Å². The van der Waals surface area contributed by atoms with Gasteiger partial charge in [-0.05, 0) is 56.1 Å². The molecule has 0 bridgehead atoms. The lowest BCUT2D eigenvalue weighted by Crippen LogP contribution is -2.62. The fourth-order valence-corrected chi connectivity index (χ4v) is 8.13. The zero-order valence-corrected chi connectivity index (χ0v) is 31.4. The van der Waals surface area contributed by atoms with Gasteiger partial charge >= 0.3 is 5.97 Å². The Bertz CT molecular complexity index is 1760. The van der Waals surface area contributed by atoms with Gasteiger partial charge in [0.1, 0.15) is 42.9 Å². The number of nitrogens with two attached hydrogens (primary N) is 1. The number of carbonyl (C=O) groups is 7. The second-order valence-corrected chi connectivity index (χ2v) is 15.3. The van der Waals surface area contributed by atoms with E-state index in [1.165, 1.54) is 14.7 Å². The molecule has 4 saturated heterocycles. The molecule has 0 aliphatic carbocycles. The van der Waals surface area contributed by atoms with E-state index < -0.39 is 90.3 Å². The van der Waals surface area contributed by atoms with Crippen LogP contribution in [0.2, 0.25) is 0 Å². The molecule has 15 heteroatoms. The van der Waals surface area contributed by atoms with Crippen LogP contribution in [0.1, 0.15) is 57.1 Å². The molecule has 1 unspecified atom stereocenters. The van der Waals surface area contributed by atoms with Gasteiger partial charge in [-0.15, -0.1) is 0 Å². The Kier molecular flexibility index (Phi) is 12.5. The third-order valence-corrected chi connectivity index (χ3v) is 10.9. The summed E-state index contributed by atoms with van der Waals surface area (Å²) in [6.45, 7) is 3.37. The number of piperidine rings is 1. The van der Waals surface area contributed by atoms with Gasteiger partial charge in [-0.3, -0.25) is 28.8 Å². The fraction of sp³-hybridized carbons (Fsp3) is 0.525. The Morgan fingerprint density at radius 2 is 1.49 bits per heavy atom. The molecule has 0 radical (unpaired) electrons. The molecule has 4 aliphatic rings. The molecule has 4 aliphatic heterocycles. The summed E-state index contributed by atoms with van der Waals surface area (Å²) < 4.78 is 5.74. The van der Waals surface area contributed by atoms with Gasteiger partial charge in [0.15, 0.2) is 0 Å². The maximum absolute atomic E-state index is 14.6. The van der Waals surface area contributed by atoms with Crippen LogP contribution in [0.3, 0.4) is 0 Å². The first kappa shape index (κ1) is 39.4.